The van der Waals surface area contributed by atoms with Gasteiger partial charge in [0.1, 0.15) is 5.82 Å². The van der Waals surface area contributed by atoms with Crippen LogP contribution in [0.15, 0.2) is 30.6 Å². The number of aromatic nitrogens is 1. The van der Waals surface area contributed by atoms with Gasteiger partial charge in [-0.05, 0) is 58.4 Å². The molecule has 0 unspecified atom stereocenters. The van der Waals surface area contributed by atoms with Gasteiger partial charge in [-0.3, -0.25) is 4.98 Å². The van der Waals surface area contributed by atoms with Crippen molar-refractivity contribution in [2.75, 3.05) is 0 Å². The standard InChI is InChI=1S/C18H20BClFNO2/c1-11-14(13-7-6-12(20)8-16(13)21)9-22-10-15(11)19-23-17(2,3)18(4,5)24-19/h6-10H,1-5H3. The molecule has 1 aromatic heterocycles. The SMILES string of the molecule is Cc1c(B2OC(C)(C)C(C)(C)O2)cncc1-c1ccc(Cl)cc1F. The highest BCUT2D eigenvalue weighted by atomic mass is 35.5. The van der Waals surface area contributed by atoms with E-state index in [1.807, 2.05) is 34.6 Å². The van der Waals surface area contributed by atoms with E-state index in [4.69, 9.17) is 20.9 Å². The molecule has 126 valence electrons. The molecule has 1 aliphatic rings. The van der Waals surface area contributed by atoms with Crippen LogP contribution in [0.1, 0.15) is 33.3 Å². The molecule has 0 atom stereocenters. The van der Waals surface area contributed by atoms with Crippen LogP contribution in [0.3, 0.4) is 0 Å². The molecular weight excluding hydrogens is 327 g/mol. The van der Waals surface area contributed by atoms with E-state index in [-0.39, 0.29) is 5.82 Å². The van der Waals surface area contributed by atoms with E-state index in [2.05, 4.69) is 4.98 Å². The Morgan fingerprint density at radius 3 is 2.25 bits per heavy atom. The third-order valence-electron chi connectivity index (χ3n) is 4.98. The van der Waals surface area contributed by atoms with Crippen LogP contribution in [0.2, 0.25) is 5.02 Å². The number of hydrogen-bond donors (Lipinski definition) is 0. The topological polar surface area (TPSA) is 31.4 Å². The first-order chi connectivity index (χ1) is 11.1. The third-order valence-corrected chi connectivity index (χ3v) is 5.22. The average Bonchev–Trinajstić information content (AvgIpc) is 2.68. The lowest BCUT2D eigenvalue weighted by molar-refractivity contribution is 0.00578. The minimum Gasteiger partial charge on any atom is -0.399 e. The molecule has 3 rings (SSSR count). The fourth-order valence-corrected chi connectivity index (χ4v) is 2.89. The zero-order valence-corrected chi connectivity index (χ0v) is 15.2. The first kappa shape index (κ1) is 17.4. The quantitative estimate of drug-likeness (QED) is 0.765. The second-order valence-corrected chi connectivity index (χ2v) is 7.55. The first-order valence-corrected chi connectivity index (χ1v) is 8.26. The lowest BCUT2D eigenvalue weighted by atomic mass is 9.76. The Morgan fingerprint density at radius 1 is 1.04 bits per heavy atom. The summed E-state index contributed by atoms with van der Waals surface area (Å²) < 4.78 is 26.5. The van der Waals surface area contributed by atoms with Gasteiger partial charge in [-0.2, -0.15) is 0 Å². The second-order valence-electron chi connectivity index (χ2n) is 7.11. The summed E-state index contributed by atoms with van der Waals surface area (Å²) in [5.41, 5.74) is 1.97. The first-order valence-electron chi connectivity index (χ1n) is 7.88. The van der Waals surface area contributed by atoms with Gasteiger partial charge in [-0.25, -0.2) is 4.39 Å². The minimum atomic E-state index is -0.530. The van der Waals surface area contributed by atoms with Crippen LogP contribution < -0.4 is 5.46 Å². The summed E-state index contributed by atoms with van der Waals surface area (Å²) in [5.74, 6) is -0.376. The van der Waals surface area contributed by atoms with Crippen molar-refractivity contribution in [3.8, 4) is 11.1 Å². The molecule has 0 aliphatic carbocycles. The molecule has 0 bridgehead atoms. The van der Waals surface area contributed by atoms with E-state index in [1.54, 1.807) is 24.5 Å². The summed E-state index contributed by atoms with van der Waals surface area (Å²) in [6.45, 7) is 9.92. The minimum absolute atomic E-state index is 0.365. The van der Waals surface area contributed by atoms with E-state index in [0.29, 0.717) is 16.1 Å². The van der Waals surface area contributed by atoms with Crippen LogP contribution in [-0.4, -0.2) is 23.3 Å². The van der Waals surface area contributed by atoms with Crippen molar-refractivity contribution in [3.05, 3.63) is 47.0 Å². The molecule has 1 saturated heterocycles. The Kier molecular flexibility index (Phi) is 4.23. The van der Waals surface area contributed by atoms with Crippen LogP contribution in [-0.2, 0) is 9.31 Å². The molecule has 0 N–H and O–H groups in total. The van der Waals surface area contributed by atoms with Crippen LogP contribution in [0.5, 0.6) is 0 Å². The predicted molar refractivity (Wildman–Crippen MR) is 95.1 cm³/mol. The van der Waals surface area contributed by atoms with Gasteiger partial charge in [-0.15, -0.1) is 0 Å². The molecular formula is C18H20BClFNO2. The molecule has 0 radical (unpaired) electrons. The maximum atomic E-state index is 14.3. The molecule has 0 amide bonds. The van der Waals surface area contributed by atoms with Gasteiger partial charge in [0.2, 0.25) is 0 Å². The van der Waals surface area contributed by atoms with Crippen LogP contribution in [0, 0.1) is 12.7 Å². The maximum Gasteiger partial charge on any atom is 0.496 e. The van der Waals surface area contributed by atoms with Crippen molar-refractivity contribution >= 4 is 24.2 Å². The summed E-state index contributed by atoms with van der Waals surface area (Å²) in [5, 5.41) is 0.365. The van der Waals surface area contributed by atoms with Gasteiger partial charge in [0.25, 0.3) is 0 Å². The number of rotatable bonds is 2. The number of benzene rings is 1. The van der Waals surface area contributed by atoms with Crippen molar-refractivity contribution in [3.63, 3.8) is 0 Å². The largest absolute Gasteiger partial charge is 0.496 e. The number of hydrogen-bond acceptors (Lipinski definition) is 3. The molecule has 0 spiro atoms. The van der Waals surface area contributed by atoms with E-state index in [0.717, 1.165) is 11.0 Å². The van der Waals surface area contributed by atoms with Crippen molar-refractivity contribution < 1.29 is 13.7 Å². The normalized spacial score (nSPS) is 18.9. The highest BCUT2D eigenvalue weighted by Gasteiger charge is 2.52. The number of nitrogens with zero attached hydrogens (tertiary/aromatic N) is 1. The smallest absolute Gasteiger partial charge is 0.399 e. The molecule has 1 fully saturated rings. The maximum absolute atomic E-state index is 14.3. The lowest BCUT2D eigenvalue weighted by Gasteiger charge is -2.32. The van der Waals surface area contributed by atoms with E-state index >= 15 is 0 Å². The molecule has 24 heavy (non-hydrogen) atoms. The highest BCUT2D eigenvalue weighted by Crippen LogP contribution is 2.37. The molecule has 0 saturated carbocycles. The third kappa shape index (κ3) is 2.85. The molecule has 1 aromatic carbocycles. The summed E-state index contributed by atoms with van der Waals surface area (Å²) >= 11 is 5.85. The summed E-state index contributed by atoms with van der Waals surface area (Å²) in [6, 6.07) is 4.63. The Balaban J connectivity index is 2.04. The summed E-state index contributed by atoms with van der Waals surface area (Å²) in [6.07, 6.45) is 3.37. The van der Waals surface area contributed by atoms with Crippen LogP contribution >= 0.6 is 11.6 Å². The zero-order valence-electron chi connectivity index (χ0n) is 14.5. The number of pyridine rings is 1. The molecule has 6 heteroatoms. The Hall–Kier alpha value is -1.43. The van der Waals surface area contributed by atoms with Gasteiger partial charge < -0.3 is 9.31 Å². The summed E-state index contributed by atoms with van der Waals surface area (Å²) in [4.78, 5) is 4.27. The fourth-order valence-electron chi connectivity index (χ4n) is 2.73. The Bertz CT molecular complexity index is 779. The van der Waals surface area contributed by atoms with Crippen molar-refractivity contribution in [1.82, 2.24) is 4.98 Å². The van der Waals surface area contributed by atoms with Crippen molar-refractivity contribution in [1.29, 1.82) is 0 Å². The predicted octanol–water partition coefficient (Wildman–Crippen LogP) is 4.15. The molecule has 3 nitrogen and oxygen atoms in total. The van der Waals surface area contributed by atoms with Gasteiger partial charge >= 0.3 is 7.12 Å². The van der Waals surface area contributed by atoms with Crippen LogP contribution in [0.25, 0.3) is 11.1 Å². The van der Waals surface area contributed by atoms with Gasteiger partial charge in [0, 0.05) is 34.0 Å². The Labute approximate surface area is 147 Å². The fraction of sp³-hybridized carbons (Fsp3) is 0.389. The lowest BCUT2D eigenvalue weighted by Crippen LogP contribution is -2.41. The zero-order chi connectivity index (χ0) is 17.7. The molecule has 2 aromatic rings. The van der Waals surface area contributed by atoms with E-state index < -0.39 is 18.3 Å². The van der Waals surface area contributed by atoms with Gasteiger partial charge in [0.05, 0.1) is 11.2 Å². The molecule has 2 heterocycles. The van der Waals surface area contributed by atoms with Gasteiger partial charge in [-0.1, -0.05) is 11.6 Å². The van der Waals surface area contributed by atoms with E-state index in [1.165, 1.54) is 6.07 Å². The summed E-state index contributed by atoms with van der Waals surface area (Å²) in [7, 11) is -0.530. The monoisotopic (exact) mass is 347 g/mol. The van der Waals surface area contributed by atoms with E-state index in [9.17, 15) is 4.39 Å². The number of halogens is 2. The van der Waals surface area contributed by atoms with Gasteiger partial charge in [0.15, 0.2) is 0 Å². The second kappa shape index (κ2) is 5.83. The molecule has 1 aliphatic heterocycles. The van der Waals surface area contributed by atoms with Crippen molar-refractivity contribution in [2.45, 2.75) is 45.8 Å². The average molecular weight is 348 g/mol. The van der Waals surface area contributed by atoms with Crippen molar-refractivity contribution in [2.24, 2.45) is 0 Å². The highest BCUT2D eigenvalue weighted by molar-refractivity contribution is 6.62. The Morgan fingerprint density at radius 2 is 1.67 bits per heavy atom. The van der Waals surface area contributed by atoms with Crippen LogP contribution in [0.4, 0.5) is 4.39 Å².